The van der Waals surface area contributed by atoms with Crippen LogP contribution < -0.4 is 4.90 Å². The van der Waals surface area contributed by atoms with Gasteiger partial charge in [0.2, 0.25) is 0 Å². The first-order valence-electron chi connectivity index (χ1n) is 5.81. The second-order valence-electron chi connectivity index (χ2n) is 4.28. The molecular formula is C15H13BrFNO. The van der Waals surface area contributed by atoms with Crippen molar-refractivity contribution in [1.29, 1.82) is 0 Å². The second kappa shape index (κ2) is 5.97. The van der Waals surface area contributed by atoms with E-state index in [-0.39, 0.29) is 5.82 Å². The fourth-order valence-electron chi connectivity index (χ4n) is 1.87. The minimum atomic E-state index is -0.390. The van der Waals surface area contributed by atoms with Crippen LogP contribution in [0.4, 0.5) is 10.1 Å². The van der Waals surface area contributed by atoms with Crippen LogP contribution in [0.25, 0.3) is 0 Å². The fraction of sp³-hybridized carbons (Fsp3) is 0.133. The summed E-state index contributed by atoms with van der Waals surface area (Å²) in [7, 11) is 1.82. The molecule has 0 saturated carbocycles. The molecule has 0 amide bonds. The van der Waals surface area contributed by atoms with Crippen molar-refractivity contribution in [2.75, 3.05) is 11.9 Å². The maximum absolute atomic E-state index is 13.9. The van der Waals surface area contributed by atoms with Crippen molar-refractivity contribution in [3.63, 3.8) is 0 Å². The number of hydrogen-bond donors (Lipinski definition) is 0. The lowest BCUT2D eigenvalue weighted by Crippen LogP contribution is -2.18. The molecule has 0 N–H and O–H groups in total. The maximum Gasteiger partial charge on any atom is 0.150 e. The van der Waals surface area contributed by atoms with Gasteiger partial charge in [0, 0.05) is 23.6 Å². The molecule has 0 saturated heterocycles. The van der Waals surface area contributed by atoms with E-state index in [0.717, 1.165) is 10.0 Å². The van der Waals surface area contributed by atoms with Crippen LogP contribution >= 0.6 is 15.9 Å². The monoisotopic (exact) mass is 321 g/mol. The number of rotatable bonds is 4. The number of aldehydes is 1. The number of benzene rings is 2. The second-order valence-corrected chi connectivity index (χ2v) is 5.13. The summed E-state index contributed by atoms with van der Waals surface area (Å²) in [4.78, 5) is 12.4. The molecule has 0 heterocycles. The van der Waals surface area contributed by atoms with E-state index >= 15 is 0 Å². The molecule has 4 heteroatoms. The number of anilines is 1. The Morgan fingerprint density at radius 2 is 2.00 bits per heavy atom. The van der Waals surface area contributed by atoms with Gasteiger partial charge >= 0.3 is 0 Å². The van der Waals surface area contributed by atoms with Gasteiger partial charge in [0.05, 0.1) is 5.69 Å². The molecule has 0 unspecified atom stereocenters. The van der Waals surface area contributed by atoms with Gasteiger partial charge in [0.15, 0.2) is 0 Å². The van der Waals surface area contributed by atoms with E-state index in [1.165, 1.54) is 6.07 Å². The first-order valence-corrected chi connectivity index (χ1v) is 6.60. The van der Waals surface area contributed by atoms with Crippen LogP contribution in [0.2, 0.25) is 0 Å². The highest BCUT2D eigenvalue weighted by molar-refractivity contribution is 9.10. The van der Waals surface area contributed by atoms with Gasteiger partial charge in [-0.2, -0.15) is 0 Å². The van der Waals surface area contributed by atoms with E-state index in [1.807, 2.05) is 36.2 Å². The predicted molar refractivity (Wildman–Crippen MR) is 78.0 cm³/mol. The molecule has 2 aromatic carbocycles. The van der Waals surface area contributed by atoms with Gasteiger partial charge in [0.1, 0.15) is 12.1 Å². The van der Waals surface area contributed by atoms with Gasteiger partial charge in [-0.25, -0.2) is 4.39 Å². The number of halogens is 2. The Hall–Kier alpha value is -1.68. The Morgan fingerprint density at radius 1 is 1.26 bits per heavy atom. The van der Waals surface area contributed by atoms with Crippen molar-refractivity contribution in [3.05, 3.63) is 63.9 Å². The normalized spacial score (nSPS) is 10.3. The van der Waals surface area contributed by atoms with Crippen LogP contribution in [0, 0.1) is 5.82 Å². The molecule has 0 bridgehead atoms. The van der Waals surface area contributed by atoms with Crippen LogP contribution in [0.15, 0.2) is 46.9 Å². The van der Waals surface area contributed by atoms with Crippen molar-refractivity contribution in [1.82, 2.24) is 0 Å². The summed E-state index contributed by atoms with van der Waals surface area (Å²) in [5.41, 5.74) is 1.89. The topological polar surface area (TPSA) is 20.3 Å². The van der Waals surface area contributed by atoms with E-state index in [2.05, 4.69) is 15.9 Å². The third-order valence-electron chi connectivity index (χ3n) is 2.88. The van der Waals surface area contributed by atoms with Crippen molar-refractivity contribution >= 4 is 27.9 Å². The molecule has 2 aromatic rings. The fourth-order valence-corrected chi connectivity index (χ4v) is 2.28. The van der Waals surface area contributed by atoms with Crippen LogP contribution in [0.5, 0.6) is 0 Å². The summed E-state index contributed by atoms with van der Waals surface area (Å²) in [6.07, 6.45) is 0.640. The zero-order chi connectivity index (χ0) is 13.8. The van der Waals surface area contributed by atoms with Crippen molar-refractivity contribution in [2.24, 2.45) is 0 Å². The molecule has 0 fully saturated rings. The van der Waals surface area contributed by atoms with E-state index in [9.17, 15) is 9.18 Å². The van der Waals surface area contributed by atoms with Crippen LogP contribution in [-0.2, 0) is 6.54 Å². The summed E-state index contributed by atoms with van der Waals surface area (Å²) in [6.45, 7) is 0.582. The van der Waals surface area contributed by atoms with Gasteiger partial charge in [-0.05, 0) is 29.8 Å². The summed E-state index contributed by atoms with van der Waals surface area (Å²) < 4.78 is 14.9. The highest BCUT2D eigenvalue weighted by Gasteiger charge is 2.10. The van der Waals surface area contributed by atoms with Gasteiger partial charge < -0.3 is 4.90 Å². The minimum absolute atomic E-state index is 0.343. The first kappa shape index (κ1) is 13.7. The van der Waals surface area contributed by atoms with Gasteiger partial charge in [-0.15, -0.1) is 0 Å². The molecule has 0 aliphatic carbocycles. The zero-order valence-electron chi connectivity index (χ0n) is 10.4. The Morgan fingerprint density at radius 3 is 2.63 bits per heavy atom. The molecule has 0 spiro atoms. The smallest absolute Gasteiger partial charge is 0.150 e. The molecule has 0 aliphatic rings. The largest absolute Gasteiger partial charge is 0.368 e. The Kier molecular flexibility index (Phi) is 4.32. The third kappa shape index (κ3) is 3.20. The maximum atomic E-state index is 13.9. The summed E-state index contributed by atoms with van der Waals surface area (Å²) >= 11 is 3.47. The highest BCUT2D eigenvalue weighted by Crippen LogP contribution is 2.23. The van der Waals surface area contributed by atoms with Crippen molar-refractivity contribution < 1.29 is 9.18 Å². The van der Waals surface area contributed by atoms with E-state index in [1.54, 1.807) is 12.1 Å². The third-order valence-corrected chi connectivity index (χ3v) is 3.66. The molecule has 98 valence electrons. The molecule has 19 heavy (non-hydrogen) atoms. The summed E-state index contributed by atoms with van der Waals surface area (Å²) in [5, 5.41) is 0. The summed E-state index contributed by atoms with van der Waals surface area (Å²) in [5.74, 6) is -0.390. The lowest BCUT2D eigenvalue weighted by atomic mass is 10.1. The standard InChI is InChI=1S/C15H13BrFNO/c1-18(9-12-4-2-3-5-13(12)16)15-7-6-11(10-19)8-14(15)17/h2-8,10H,9H2,1H3. The van der Waals surface area contributed by atoms with Crippen LogP contribution in [0.1, 0.15) is 15.9 Å². The molecule has 2 nitrogen and oxygen atoms in total. The molecule has 0 atom stereocenters. The van der Waals surface area contributed by atoms with Gasteiger partial charge in [-0.3, -0.25) is 4.79 Å². The zero-order valence-corrected chi connectivity index (χ0v) is 12.0. The lowest BCUT2D eigenvalue weighted by Gasteiger charge is -2.20. The Bertz CT molecular complexity index is 600. The molecule has 0 radical (unpaired) electrons. The first-order chi connectivity index (χ1) is 9.11. The number of carbonyl (C=O) groups excluding carboxylic acids is 1. The predicted octanol–water partition coefficient (Wildman–Crippen LogP) is 4.04. The van der Waals surface area contributed by atoms with Gasteiger partial charge in [-0.1, -0.05) is 34.1 Å². The van der Waals surface area contributed by atoms with Crippen molar-refractivity contribution in [2.45, 2.75) is 6.54 Å². The molecule has 0 aliphatic heterocycles. The SMILES string of the molecule is CN(Cc1ccccc1Br)c1ccc(C=O)cc1F. The molecule has 0 aromatic heterocycles. The van der Waals surface area contributed by atoms with Gasteiger partial charge in [0.25, 0.3) is 0 Å². The number of nitrogens with zero attached hydrogens (tertiary/aromatic N) is 1. The van der Waals surface area contributed by atoms with E-state index in [4.69, 9.17) is 0 Å². The highest BCUT2D eigenvalue weighted by atomic mass is 79.9. The molecular weight excluding hydrogens is 309 g/mol. The average molecular weight is 322 g/mol. The molecule has 2 rings (SSSR count). The quantitative estimate of drug-likeness (QED) is 0.792. The van der Waals surface area contributed by atoms with Crippen LogP contribution in [-0.4, -0.2) is 13.3 Å². The Balaban J connectivity index is 2.23. The summed E-state index contributed by atoms with van der Waals surface area (Å²) in [6, 6.07) is 12.3. The number of hydrogen-bond acceptors (Lipinski definition) is 2. The number of carbonyl (C=O) groups is 1. The Labute approximate surface area is 120 Å². The van der Waals surface area contributed by atoms with Crippen LogP contribution in [0.3, 0.4) is 0 Å². The average Bonchev–Trinajstić information content (AvgIpc) is 2.41. The van der Waals surface area contributed by atoms with E-state index < -0.39 is 0 Å². The lowest BCUT2D eigenvalue weighted by molar-refractivity contribution is 0.112. The van der Waals surface area contributed by atoms with E-state index in [0.29, 0.717) is 24.1 Å². The minimum Gasteiger partial charge on any atom is -0.368 e. The van der Waals surface area contributed by atoms with Crippen molar-refractivity contribution in [3.8, 4) is 0 Å².